The molecule has 2 aromatic carbocycles. The largest absolute Gasteiger partial charge is 0.373 e. The first kappa shape index (κ1) is 15.6. The normalized spacial score (nSPS) is 11.8. The maximum Gasteiger partial charge on any atom is 0.293 e. The number of benzene rings is 2. The van der Waals surface area contributed by atoms with Crippen LogP contribution in [0.2, 0.25) is 0 Å². The smallest absolute Gasteiger partial charge is 0.293 e. The van der Waals surface area contributed by atoms with Gasteiger partial charge in [0, 0.05) is 17.7 Å². The fourth-order valence-corrected chi connectivity index (χ4v) is 1.99. The number of nitrogens with one attached hydrogen (secondary N) is 1. The van der Waals surface area contributed by atoms with E-state index in [4.69, 9.17) is 0 Å². The molecule has 0 heterocycles. The Morgan fingerprint density at radius 3 is 2.50 bits per heavy atom. The molecule has 0 radical (unpaired) electrons. The number of halogens is 2. The van der Waals surface area contributed by atoms with Crippen LogP contribution in [0.3, 0.4) is 0 Å². The standard InChI is InChI=1S/C15H12F2N2O3/c1-9(11-3-4-12(16)13(17)7-11)18-14-5-2-10(8-20)6-15(14)19(21)22/h2-9,18H,1H3/t9-/m0/s1. The van der Waals surface area contributed by atoms with Crippen LogP contribution in [-0.2, 0) is 0 Å². The zero-order valence-corrected chi connectivity index (χ0v) is 11.5. The first-order chi connectivity index (χ1) is 10.4. The van der Waals surface area contributed by atoms with Gasteiger partial charge in [0.1, 0.15) is 12.0 Å². The Morgan fingerprint density at radius 1 is 1.18 bits per heavy atom. The summed E-state index contributed by atoms with van der Waals surface area (Å²) >= 11 is 0. The van der Waals surface area contributed by atoms with Crippen LogP contribution in [0.25, 0.3) is 0 Å². The van der Waals surface area contributed by atoms with Crippen molar-refractivity contribution in [1.82, 2.24) is 0 Å². The third-order valence-electron chi connectivity index (χ3n) is 3.17. The highest BCUT2D eigenvalue weighted by atomic mass is 19.2. The van der Waals surface area contributed by atoms with E-state index >= 15 is 0 Å². The molecule has 0 aliphatic heterocycles. The van der Waals surface area contributed by atoms with Gasteiger partial charge in [-0.1, -0.05) is 6.07 Å². The second kappa shape index (κ2) is 6.30. The number of nitro benzene ring substituents is 1. The highest BCUT2D eigenvalue weighted by Gasteiger charge is 2.17. The van der Waals surface area contributed by atoms with Crippen molar-refractivity contribution in [1.29, 1.82) is 0 Å². The van der Waals surface area contributed by atoms with Crippen molar-refractivity contribution in [2.75, 3.05) is 5.32 Å². The quantitative estimate of drug-likeness (QED) is 0.517. The number of nitro groups is 1. The van der Waals surface area contributed by atoms with Gasteiger partial charge in [-0.05, 0) is 36.8 Å². The van der Waals surface area contributed by atoms with E-state index in [1.54, 1.807) is 6.92 Å². The predicted molar refractivity (Wildman–Crippen MR) is 76.9 cm³/mol. The van der Waals surface area contributed by atoms with Crippen LogP contribution >= 0.6 is 0 Å². The number of rotatable bonds is 5. The van der Waals surface area contributed by atoms with Gasteiger partial charge in [0.2, 0.25) is 0 Å². The minimum atomic E-state index is -0.989. The first-order valence-electron chi connectivity index (χ1n) is 6.37. The number of carbonyl (C=O) groups excluding carboxylic acids is 1. The van der Waals surface area contributed by atoms with Crippen LogP contribution in [0, 0.1) is 21.7 Å². The molecule has 22 heavy (non-hydrogen) atoms. The van der Waals surface area contributed by atoms with Crippen LogP contribution in [0.15, 0.2) is 36.4 Å². The molecule has 1 N–H and O–H groups in total. The van der Waals surface area contributed by atoms with E-state index in [1.807, 2.05) is 0 Å². The molecule has 0 spiro atoms. The zero-order valence-electron chi connectivity index (χ0n) is 11.5. The summed E-state index contributed by atoms with van der Waals surface area (Å²) in [6.45, 7) is 1.66. The molecule has 7 heteroatoms. The maximum atomic E-state index is 13.2. The Hall–Kier alpha value is -2.83. The fraction of sp³-hybridized carbons (Fsp3) is 0.133. The predicted octanol–water partition coefficient (Wildman–Crippen LogP) is 3.86. The second-order valence-electron chi connectivity index (χ2n) is 4.69. The molecule has 0 aliphatic carbocycles. The Morgan fingerprint density at radius 2 is 1.91 bits per heavy atom. The minimum Gasteiger partial charge on any atom is -0.373 e. The summed E-state index contributed by atoms with van der Waals surface area (Å²) in [7, 11) is 0. The third kappa shape index (κ3) is 3.25. The van der Waals surface area contributed by atoms with Crippen molar-refractivity contribution >= 4 is 17.7 Å². The van der Waals surface area contributed by atoms with Crippen molar-refractivity contribution in [3.05, 3.63) is 69.3 Å². The molecule has 1 atom stereocenters. The lowest BCUT2D eigenvalue weighted by molar-refractivity contribution is -0.384. The summed E-state index contributed by atoms with van der Waals surface area (Å²) in [5.41, 5.74) is 0.539. The number of hydrogen-bond donors (Lipinski definition) is 1. The summed E-state index contributed by atoms with van der Waals surface area (Å²) in [4.78, 5) is 21.1. The summed E-state index contributed by atoms with van der Waals surface area (Å²) < 4.78 is 26.2. The van der Waals surface area contributed by atoms with Gasteiger partial charge in [-0.3, -0.25) is 14.9 Å². The number of hydrogen-bond acceptors (Lipinski definition) is 4. The van der Waals surface area contributed by atoms with Crippen molar-refractivity contribution < 1.29 is 18.5 Å². The topological polar surface area (TPSA) is 72.2 Å². The maximum absolute atomic E-state index is 13.2. The van der Waals surface area contributed by atoms with Gasteiger partial charge in [0.15, 0.2) is 11.6 Å². The average Bonchev–Trinajstić information content (AvgIpc) is 2.50. The van der Waals surface area contributed by atoms with Crippen LogP contribution in [0.5, 0.6) is 0 Å². The van der Waals surface area contributed by atoms with Crippen molar-refractivity contribution in [3.8, 4) is 0 Å². The van der Waals surface area contributed by atoms with Gasteiger partial charge in [-0.15, -0.1) is 0 Å². The van der Waals surface area contributed by atoms with E-state index < -0.39 is 22.6 Å². The highest BCUT2D eigenvalue weighted by Crippen LogP contribution is 2.29. The fourth-order valence-electron chi connectivity index (χ4n) is 1.99. The van der Waals surface area contributed by atoms with Crippen LogP contribution in [0.1, 0.15) is 28.9 Å². The van der Waals surface area contributed by atoms with Crippen molar-refractivity contribution in [2.24, 2.45) is 0 Å². The van der Waals surface area contributed by atoms with E-state index in [2.05, 4.69) is 5.32 Å². The molecule has 0 aromatic heterocycles. The number of carbonyl (C=O) groups is 1. The van der Waals surface area contributed by atoms with Crippen molar-refractivity contribution in [3.63, 3.8) is 0 Å². The first-order valence-corrected chi connectivity index (χ1v) is 6.37. The molecule has 2 aromatic rings. The van der Waals surface area contributed by atoms with E-state index in [0.717, 1.165) is 18.2 Å². The molecule has 0 aliphatic rings. The molecule has 0 bridgehead atoms. The lowest BCUT2D eigenvalue weighted by Crippen LogP contribution is -2.09. The van der Waals surface area contributed by atoms with Crippen LogP contribution in [0.4, 0.5) is 20.2 Å². The molecule has 2 rings (SSSR count). The Bertz CT molecular complexity index is 735. The second-order valence-corrected chi connectivity index (χ2v) is 4.69. The van der Waals surface area contributed by atoms with Gasteiger partial charge in [-0.2, -0.15) is 0 Å². The summed E-state index contributed by atoms with van der Waals surface area (Å²) in [5.74, 6) is -1.95. The van der Waals surface area contributed by atoms with E-state index in [9.17, 15) is 23.7 Å². The molecule has 0 fully saturated rings. The number of nitrogens with zero attached hydrogens (tertiary/aromatic N) is 1. The van der Waals surface area contributed by atoms with E-state index in [0.29, 0.717) is 11.8 Å². The molecule has 0 unspecified atom stereocenters. The zero-order chi connectivity index (χ0) is 16.3. The summed E-state index contributed by atoms with van der Waals surface area (Å²) in [5, 5.41) is 13.9. The molecule has 114 valence electrons. The van der Waals surface area contributed by atoms with E-state index in [1.165, 1.54) is 18.2 Å². The summed E-state index contributed by atoms with van der Waals surface area (Å²) in [6.07, 6.45) is 0.509. The lowest BCUT2D eigenvalue weighted by Gasteiger charge is -2.16. The Balaban J connectivity index is 2.31. The van der Waals surface area contributed by atoms with Crippen LogP contribution in [-0.4, -0.2) is 11.2 Å². The number of anilines is 1. The monoisotopic (exact) mass is 306 g/mol. The van der Waals surface area contributed by atoms with E-state index in [-0.39, 0.29) is 16.9 Å². The SMILES string of the molecule is C[C@H](Nc1ccc(C=O)cc1[N+](=O)[O-])c1ccc(F)c(F)c1. The highest BCUT2D eigenvalue weighted by molar-refractivity contribution is 5.79. The number of aldehydes is 1. The van der Waals surface area contributed by atoms with Gasteiger partial charge < -0.3 is 5.32 Å². The Labute approximate surface area is 124 Å². The Kier molecular flexibility index (Phi) is 4.45. The molecular formula is C15H12F2N2O3. The molecule has 0 saturated heterocycles. The molecular weight excluding hydrogens is 294 g/mol. The minimum absolute atomic E-state index is 0.178. The molecule has 5 nitrogen and oxygen atoms in total. The average molecular weight is 306 g/mol. The van der Waals surface area contributed by atoms with Gasteiger partial charge in [0.05, 0.1) is 4.92 Å². The van der Waals surface area contributed by atoms with Gasteiger partial charge in [0.25, 0.3) is 5.69 Å². The summed E-state index contributed by atoms with van der Waals surface area (Å²) in [6, 6.07) is 6.90. The lowest BCUT2D eigenvalue weighted by atomic mass is 10.1. The van der Waals surface area contributed by atoms with Crippen LogP contribution < -0.4 is 5.32 Å². The molecule has 0 saturated carbocycles. The van der Waals surface area contributed by atoms with Crippen molar-refractivity contribution in [2.45, 2.75) is 13.0 Å². The molecule has 0 amide bonds. The van der Waals surface area contributed by atoms with Gasteiger partial charge >= 0.3 is 0 Å². The van der Waals surface area contributed by atoms with Gasteiger partial charge in [-0.25, -0.2) is 8.78 Å². The third-order valence-corrected chi connectivity index (χ3v) is 3.17.